The molecule has 8 nitrogen and oxygen atoms in total. The first-order valence-corrected chi connectivity index (χ1v) is 12.1. The number of benzene rings is 1. The summed E-state index contributed by atoms with van der Waals surface area (Å²) in [5.41, 5.74) is -0.786. The number of nitrogens with one attached hydrogen (secondary N) is 2. The summed E-state index contributed by atoms with van der Waals surface area (Å²) in [7, 11) is 0. The lowest BCUT2D eigenvalue weighted by atomic mass is 9.85. The first-order valence-electron chi connectivity index (χ1n) is 12.1. The van der Waals surface area contributed by atoms with Crippen LogP contribution in [-0.2, 0) is 22.1 Å². The number of rotatable bonds is 5. The van der Waals surface area contributed by atoms with Crippen LogP contribution in [0.5, 0.6) is 0 Å². The maximum Gasteiger partial charge on any atom is 0.416 e. The second-order valence-corrected chi connectivity index (χ2v) is 11.5. The first kappa shape index (κ1) is 28.5. The molecule has 3 N–H and O–H groups in total. The summed E-state index contributed by atoms with van der Waals surface area (Å²) in [6.07, 6.45) is -3.75. The molecular formula is C26H35F3N4O4. The Balaban J connectivity index is 1.77. The van der Waals surface area contributed by atoms with Crippen molar-refractivity contribution in [2.75, 3.05) is 6.54 Å². The number of hydrogen-bond acceptors (Lipinski definition) is 5. The van der Waals surface area contributed by atoms with Crippen molar-refractivity contribution in [3.63, 3.8) is 0 Å². The minimum atomic E-state index is -4.40. The van der Waals surface area contributed by atoms with Gasteiger partial charge >= 0.3 is 12.3 Å². The fourth-order valence-corrected chi connectivity index (χ4v) is 4.22. The highest BCUT2D eigenvalue weighted by Crippen LogP contribution is 2.34. The van der Waals surface area contributed by atoms with E-state index in [0.717, 1.165) is 12.1 Å². The van der Waals surface area contributed by atoms with E-state index in [9.17, 15) is 27.9 Å². The number of amides is 2. The molecule has 1 saturated heterocycles. The van der Waals surface area contributed by atoms with Gasteiger partial charge in [0.05, 0.1) is 17.7 Å². The molecule has 1 aliphatic rings. The van der Waals surface area contributed by atoms with E-state index in [1.54, 1.807) is 27.0 Å². The van der Waals surface area contributed by atoms with Crippen LogP contribution in [-0.4, -0.2) is 56.3 Å². The van der Waals surface area contributed by atoms with Crippen LogP contribution in [0.2, 0.25) is 0 Å². The molecule has 1 aliphatic heterocycles. The van der Waals surface area contributed by atoms with Gasteiger partial charge in [-0.05, 0) is 43.9 Å². The number of imidazole rings is 1. The summed E-state index contributed by atoms with van der Waals surface area (Å²) >= 11 is 0. The van der Waals surface area contributed by atoms with E-state index in [2.05, 4.69) is 15.3 Å². The molecule has 0 aliphatic carbocycles. The number of aromatic nitrogens is 2. The van der Waals surface area contributed by atoms with Crippen LogP contribution in [0.4, 0.5) is 18.0 Å². The summed E-state index contributed by atoms with van der Waals surface area (Å²) in [5.74, 6) is 0.0809. The predicted octanol–water partition coefficient (Wildman–Crippen LogP) is 4.59. The number of likely N-dealkylation sites (tertiary alicyclic amines) is 1. The van der Waals surface area contributed by atoms with Crippen molar-refractivity contribution in [3.8, 4) is 0 Å². The number of halogens is 3. The molecule has 0 saturated carbocycles. The predicted molar refractivity (Wildman–Crippen MR) is 131 cm³/mol. The second kappa shape index (κ2) is 10.4. The zero-order valence-corrected chi connectivity index (χ0v) is 21.9. The average Bonchev–Trinajstić information content (AvgIpc) is 3.35. The number of hydrogen-bond donors (Lipinski definition) is 3. The first-order chi connectivity index (χ1) is 16.9. The third-order valence-electron chi connectivity index (χ3n) is 5.98. The molecule has 1 aromatic carbocycles. The molecule has 3 atom stereocenters. The van der Waals surface area contributed by atoms with Crippen molar-refractivity contribution < 1.29 is 32.6 Å². The number of aliphatic hydroxyl groups excluding tert-OH is 1. The van der Waals surface area contributed by atoms with E-state index >= 15 is 0 Å². The van der Waals surface area contributed by atoms with Gasteiger partial charge < -0.3 is 25.0 Å². The summed E-state index contributed by atoms with van der Waals surface area (Å²) in [6, 6.07) is 3.41. The molecule has 204 valence electrons. The van der Waals surface area contributed by atoms with E-state index in [0.29, 0.717) is 23.5 Å². The maximum atomic E-state index is 13.6. The van der Waals surface area contributed by atoms with Gasteiger partial charge in [-0.15, -0.1) is 0 Å². The Morgan fingerprint density at radius 1 is 1.16 bits per heavy atom. The fraction of sp³-hybridized carbons (Fsp3) is 0.577. The molecule has 1 aromatic heterocycles. The average molecular weight is 525 g/mol. The Morgan fingerprint density at radius 3 is 2.32 bits per heavy atom. The van der Waals surface area contributed by atoms with Crippen molar-refractivity contribution in [2.45, 2.75) is 84.3 Å². The van der Waals surface area contributed by atoms with Crippen LogP contribution < -0.4 is 5.32 Å². The lowest BCUT2D eigenvalue weighted by Crippen LogP contribution is -2.55. The molecule has 11 heteroatoms. The van der Waals surface area contributed by atoms with Crippen LogP contribution >= 0.6 is 0 Å². The van der Waals surface area contributed by atoms with Gasteiger partial charge in [-0.2, -0.15) is 13.2 Å². The van der Waals surface area contributed by atoms with Crippen molar-refractivity contribution in [2.24, 2.45) is 5.41 Å². The number of ether oxygens (including phenoxy) is 1. The Hall–Kier alpha value is -3.08. The number of carbonyl (C=O) groups excluding carboxylic acids is 2. The lowest BCUT2D eigenvalue weighted by Gasteiger charge is -2.35. The van der Waals surface area contributed by atoms with E-state index in [1.165, 1.54) is 17.0 Å². The molecule has 0 bridgehead atoms. The Labute approximate surface area is 214 Å². The molecule has 2 amide bonds. The van der Waals surface area contributed by atoms with E-state index < -0.39 is 47.0 Å². The van der Waals surface area contributed by atoms with Gasteiger partial charge in [-0.1, -0.05) is 32.9 Å². The molecule has 0 unspecified atom stereocenters. The van der Waals surface area contributed by atoms with Crippen molar-refractivity contribution in [1.29, 1.82) is 0 Å². The Bertz CT molecular complexity index is 1100. The Kier molecular flexibility index (Phi) is 7.97. The number of nitrogens with zero attached hydrogens (tertiary/aromatic N) is 2. The molecule has 0 spiro atoms. The normalized spacial score (nSPS) is 19.6. The number of carbonyl (C=O) groups is 2. The topological polar surface area (TPSA) is 108 Å². The van der Waals surface area contributed by atoms with Crippen LogP contribution in [0.3, 0.4) is 0 Å². The number of β-amino-alcohol motifs (C(OH)–C–C–N with tert-alkyl or cyclic N) is 1. The van der Waals surface area contributed by atoms with Crippen LogP contribution in [0.1, 0.15) is 76.7 Å². The van der Waals surface area contributed by atoms with E-state index in [1.807, 2.05) is 20.8 Å². The van der Waals surface area contributed by atoms with E-state index in [-0.39, 0.29) is 18.9 Å². The number of aliphatic hydroxyl groups is 1. The lowest BCUT2D eigenvalue weighted by molar-refractivity contribution is -0.138. The molecule has 1 fully saturated rings. The third kappa shape index (κ3) is 7.47. The molecule has 2 aromatic rings. The van der Waals surface area contributed by atoms with Gasteiger partial charge in [0.15, 0.2) is 0 Å². The van der Waals surface area contributed by atoms with Crippen molar-refractivity contribution >= 4 is 12.0 Å². The summed E-state index contributed by atoms with van der Waals surface area (Å²) in [4.78, 5) is 35.2. The summed E-state index contributed by atoms with van der Waals surface area (Å²) in [6.45, 7) is 10.7. The van der Waals surface area contributed by atoms with Gasteiger partial charge in [0.2, 0.25) is 5.91 Å². The molecule has 3 rings (SSSR count). The van der Waals surface area contributed by atoms with Gasteiger partial charge in [0.25, 0.3) is 0 Å². The Morgan fingerprint density at radius 2 is 1.78 bits per heavy atom. The van der Waals surface area contributed by atoms with Gasteiger partial charge in [0, 0.05) is 31.3 Å². The zero-order valence-electron chi connectivity index (χ0n) is 21.9. The van der Waals surface area contributed by atoms with E-state index in [4.69, 9.17) is 4.74 Å². The summed E-state index contributed by atoms with van der Waals surface area (Å²) in [5, 5.41) is 13.1. The SMILES string of the molecule is CC(C)(C)OC(=O)N[C@H](C(=O)N1C[C@H](O)C[C@H]1c1ncc(Cc2ccc(C(F)(F)F)cc2)[nH]1)C(C)(C)C. The maximum absolute atomic E-state index is 13.6. The van der Waals surface area contributed by atoms with Gasteiger partial charge in [-0.3, -0.25) is 4.79 Å². The summed E-state index contributed by atoms with van der Waals surface area (Å²) < 4.78 is 43.8. The van der Waals surface area contributed by atoms with Crippen molar-refractivity contribution in [1.82, 2.24) is 20.2 Å². The highest BCUT2D eigenvalue weighted by Gasteiger charge is 2.44. The third-order valence-corrected chi connectivity index (χ3v) is 5.98. The fourth-order valence-electron chi connectivity index (χ4n) is 4.22. The minimum absolute atomic E-state index is 0.0705. The standard InChI is InChI=1S/C26H35F3N4O4/c1-24(2,3)20(32-23(36)37-25(4,5)6)22(35)33-14-18(34)12-19(33)21-30-13-17(31-21)11-15-7-9-16(10-8-15)26(27,28)29/h7-10,13,18-20,34H,11-12,14H2,1-6H3,(H,30,31)(H,32,36)/t18-,19+,20-/m1/s1. The van der Waals surface area contributed by atoms with Crippen molar-refractivity contribution in [3.05, 3.63) is 53.1 Å². The van der Waals surface area contributed by atoms with Crippen LogP contribution in [0.15, 0.2) is 30.5 Å². The molecule has 37 heavy (non-hydrogen) atoms. The van der Waals surface area contributed by atoms with Gasteiger partial charge in [0.1, 0.15) is 17.5 Å². The second-order valence-electron chi connectivity index (χ2n) is 11.5. The number of alkyl halides is 3. The highest BCUT2D eigenvalue weighted by molar-refractivity contribution is 5.87. The largest absolute Gasteiger partial charge is 0.444 e. The highest BCUT2D eigenvalue weighted by atomic mass is 19.4. The monoisotopic (exact) mass is 524 g/mol. The zero-order chi connectivity index (χ0) is 27.8. The smallest absolute Gasteiger partial charge is 0.416 e. The van der Waals surface area contributed by atoms with Crippen LogP contribution in [0.25, 0.3) is 0 Å². The van der Waals surface area contributed by atoms with Crippen LogP contribution in [0, 0.1) is 5.41 Å². The molecular weight excluding hydrogens is 489 g/mol. The number of aromatic amines is 1. The molecule has 2 heterocycles. The van der Waals surface area contributed by atoms with Gasteiger partial charge in [-0.25, -0.2) is 9.78 Å². The number of H-pyrrole nitrogens is 1. The number of alkyl carbamates (subject to hydrolysis) is 1. The molecule has 0 radical (unpaired) electrons. The quantitative estimate of drug-likeness (QED) is 0.530. The minimum Gasteiger partial charge on any atom is -0.444 e.